The third-order valence-electron chi connectivity index (χ3n) is 4.89. The average Bonchev–Trinajstić information content (AvgIpc) is 2.72. The number of piperazine rings is 1. The van der Waals surface area contributed by atoms with E-state index in [1.165, 1.54) is 6.07 Å². The smallest absolute Gasteiger partial charge is 0.252 e. The first-order valence-corrected chi connectivity index (χ1v) is 9.66. The molecule has 1 aromatic carbocycles. The number of nitrogens with one attached hydrogen (secondary N) is 1. The topological polar surface area (TPSA) is 48.5 Å². The molecule has 0 radical (unpaired) electrons. The lowest BCUT2D eigenvalue weighted by Crippen LogP contribution is -2.47. The fourth-order valence-corrected chi connectivity index (χ4v) is 3.32. The number of para-hydroxylation sites is 1. The summed E-state index contributed by atoms with van der Waals surface area (Å²) in [5.74, 6) is -0.264. The van der Waals surface area contributed by atoms with E-state index in [0.29, 0.717) is 17.8 Å². The van der Waals surface area contributed by atoms with Crippen LogP contribution in [0.3, 0.4) is 0 Å². The van der Waals surface area contributed by atoms with Gasteiger partial charge in [0.1, 0.15) is 5.82 Å². The van der Waals surface area contributed by atoms with E-state index >= 15 is 0 Å². The van der Waals surface area contributed by atoms with Crippen molar-refractivity contribution in [1.29, 1.82) is 0 Å². The largest absolute Gasteiger partial charge is 0.367 e. The molecule has 0 unspecified atom stereocenters. The molecule has 0 saturated carbocycles. The van der Waals surface area contributed by atoms with E-state index in [2.05, 4.69) is 27.0 Å². The van der Waals surface area contributed by atoms with Crippen molar-refractivity contribution in [1.82, 2.24) is 10.3 Å². The maximum Gasteiger partial charge on any atom is 0.252 e. The molecule has 0 bridgehead atoms. The van der Waals surface area contributed by atoms with Crippen molar-refractivity contribution < 1.29 is 9.18 Å². The highest BCUT2D eigenvalue weighted by atomic mass is 19.1. The maximum absolute atomic E-state index is 14.0. The molecule has 1 fully saturated rings. The van der Waals surface area contributed by atoms with Gasteiger partial charge in [-0.1, -0.05) is 31.9 Å². The van der Waals surface area contributed by atoms with Gasteiger partial charge in [0, 0.05) is 38.9 Å². The van der Waals surface area contributed by atoms with Crippen molar-refractivity contribution in [3.8, 4) is 0 Å². The molecule has 1 amide bonds. The zero-order valence-corrected chi connectivity index (χ0v) is 15.8. The number of rotatable bonds is 7. The second kappa shape index (κ2) is 9.35. The summed E-state index contributed by atoms with van der Waals surface area (Å²) in [4.78, 5) is 20.8. The van der Waals surface area contributed by atoms with Crippen LogP contribution in [-0.4, -0.2) is 43.6 Å². The number of halogens is 1. The number of amides is 1. The molecule has 1 aliphatic rings. The zero-order valence-electron chi connectivity index (χ0n) is 15.8. The molecule has 3 rings (SSSR count). The Balaban J connectivity index is 1.58. The Morgan fingerprint density at radius 3 is 2.59 bits per heavy atom. The second-order valence-electron chi connectivity index (χ2n) is 6.82. The van der Waals surface area contributed by atoms with Gasteiger partial charge in [0.15, 0.2) is 0 Å². The zero-order chi connectivity index (χ0) is 19.1. The molecule has 5 nitrogen and oxygen atoms in total. The molecule has 1 N–H and O–H groups in total. The molecule has 27 heavy (non-hydrogen) atoms. The normalized spacial score (nSPS) is 14.3. The first-order valence-electron chi connectivity index (χ1n) is 9.66. The van der Waals surface area contributed by atoms with Crippen molar-refractivity contribution >= 4 is 17.3 Å². The number of pyridine rings is 1. The van der Waals surface area contributed by atoms with E-state index in [0.717, 1.165) is 51.1 Å². The van der Waals surface area contributed by atoms with Gasteiger partial charge >= 0.3 is 0 Å². The summed E-state index contributed by atoms with van der Waals surface area (Å²) in [6, 6.07) is 8.77. The lowest BCUT2D eigenvalue weighted by atomic mass is 10.2. The molecule has 0 aliphatic carbocycles. The first kappa shape index (κ1) is 19.1. The van der Waals surface area contributed by atoms with Crippen molar-refractivity contribution in [2.24, 2.45) is 0 Å². The lowest BCUT2D eigenvalue weighted by molar-refractivity contribution is 0.0952. The highest BCUT2D eigenvalue weighted by Crippen LogP contribution is 2.23. The molecule has 0 spiro atoms. The number of carbonyl (C=O) groups excluding carboxylic acids is 1. The van der Waals surface area contributed by atoms with Crippen molar-refractivity contribution in [3.05, 3.63) is 54.1 Å². The van der Waals surface area contributed by atoms with Gasteiger partial charge in [-0.05, 0) is 24.6 Å². The molecule has 1 aliphatic heterocycles. The number of hydrogen-bond donors (Lipinski definition) is 1. The average molecular weight is 370 g/mol. The lowest BCUT2D eigenvalue weighted by Gasteiger charge is -2.37. The van der Waals surface area contributed by atoms with Crippen LogP contribution in [0.1, 0.15) is 36.5 Å². The van der Waals surface area contributed by atoms with Crippen LogP contribution < -0.4 is 15.1 Å². The summed E-state index contributed by atoms with van der Waals surface area (Å²) >= 11 is 0. The molecule has 1 aromatic heterocycles. The van der Waals surface area contributed by atoms with E-state index in [1.54, 1.807) is 18.5 Å². The minimum absolute atomic E-state index is 0.0783. The fraction of sp³-hybridized carbons (Fsp3) is 0.429. The number of carbonyl (C=O) groups is 1. The van der Waals surface area contributed by atoms with Crippen molar-refractivity contribution in [3.63, 3.8) is 0 Å². The maximum atomic E-state index is 14.0. The van der Waals surface area contributed by atoms with Gasteiger partial charge in [0.2, 0.25) is 0 Å². The van der Waals surface area contributed by atoms with Gasteiger partial charge in [0.25, 0.3) is 5.91 Å². The van der Waals surface area contributed by atoms with Crippen LogP contribution in [0.25, 0.3) is 0 Å². The summed E-state index contributed by atoms with van der Waals surface area (Å²) in [6.07, 6.45) is 6.63. The molecule has 2 heterocycles. The van der Waals surface area contributed by atoms with Crippen LogP contribution in [-0.2, 0) is 0 Å². The van der Waals surface area contributed by atoms with Gasteiger partial charge in [-0.3, -0.25) is 9.78 Å². The first-order chi connectivity index (χ1) is 13.2. The fourth-order valence-electron chi connectivity index (χ4n) is 3.32. The van der Waals surface area contributed by atoms with Crippen molar-refractivity contribution in [2.45, 2.75) is 26.2 Å². The molecule has 2 aromatic rings. The predicted molar refractivity (Wildman–Crippen MR) is 107 cm³/mol. The Bertz CT molecular complexity index is 759. The molecule has 1 saturated heterocycles. The van der Waals surface area contributed by atoms with Gasteiger partial charge < -0.3 is 15.1 Å². The molecule has 144 valence electrons. The Morgan fingerprint density at radius 2 is 1.85 bits per heavy atom. The number of unbranched alkanes of at least 4 members (excludes halogenated alkanes) is 2. The summed E-state index contributed by atoms with van der Waals surface area (Å²) in [5, 5.41) is 2.95. The van der Waals surface area contributed by atoms with Crippen LogP contribution in [0, 0.1) is 5.82 Å². The molecule has 6 heteroatoms. The number of hydrogen-bond acceptors (Lipinski definition) is 4. The minimum Gasteiger partial charge on any atom is -0.367 e. The predicted octanol–water partition coefficient (Wildman–Crippen LogP) is 3.47. The van der Waals surface area contributed by atoms with Crippen molar-refractivity contribution in [2.75, 3.05) is 42.5 Å². The van der Waals surface area contributed by atoms with E-state index in [9.17, 15) is 9.18 Å². The third kappa shape index (κ3) is 4.96. The number of benzene rings is 1. The van der Waals surface area contributed by atoms with Crippen LogP contribution in [0.5, 0.6) is 0 Å². The Morgan fingerprint density at radius 1 is 1.11 bits per heavy atom. The number of aromatic nitrogens is 1. The second-order valence-corrected chi connectivity index (χ2v) is 6.82. The van der Waals surface area contributed by atoms with E-state index in [-0.39, 0.29) is 11.7 Å². The van der Waals surface area contributed by atoms with Crippen LogP contribution in [0.2, 0.25) is 0 Å². The Kier molecular flexibility index (Phi) is 6.63. The third-order valence-corrected chi connectivity index (χ3v) is 4.89. The van der Waals surface area contributed by atoms with E-state index < -0.39 is 0 Å². The van der Waals surface area contributed by atoms with E-state index in [1.807, 2.05) is 18.2 Å². The minimum atomic E-state index is -0.186. The SMILES string of the molecule is CCCCCNC(=O)c1cncc(N2CCN(c3ccccc3F)CC2)c1. The summed E-state index contributed by atoms with van der Waals surface area (Å²) in [5.41, 5.74) is 2.17. The number of anilines is 2. The highest BCUT2D eigenvalue weighted by molar-refractivity contribution is 5.94. The summed E-state index contributed by atoms with van der Waals surface area (Å²) < 4.78 is 14.0. The van der Waals surface area contributed by atoms with Crippen LogP contribution in [0.4, 0.5) is 15.8 Å². The Hall–Kier alpha value is -2.63. The quantitative estimate of drug-likeness (QED) is 0.758. The molecule has 0 atom stereocenters. The highest BCUT2D eigenvalue weighted by Gasteiger charge is 2.20. The molecular formula is C21H27FN4O. The standard InChI is InChI=1S/C21H27FN4O/c1-2-3-6-9-24-21(27)17-14-18(16-23-15-17)25-10-12-26(13-11-25)20-8-5-4-7-19(20)22/h4-5,7-8,14-16H,2-3,6,9-13H2,1H3,(H,24,27). The van der Waals surface area contributed by atoms with Crippen LogP contribution in [0.15, 0.2) is 42.7 Å². The van der Waals surface area contributed by atoms with Gasteiger partial charge in [-0.25, -0.2) is 4.39 Å². The monoisotopic (exact) mass is 370 g/mol. The summed E-state index contributed by atoms with van der Waals surface area (Å²) in [6.45, 7) is 5.82. The molecular weight excluding hydrogens is 343 g/mol. The van der Waals surface area contributed by atoms with Gasteiger partial charge in [0.05, 0.1) is 23.1 Å². The van der Waals surface area contributed by atoms with Gasteiger partial charge in [-0.15, -0.1) is 0 Å². The Labute approximate surface area is 160 Å². The summed E-state index contributed by atoms with van der Waals surface area (Å²) in [7, 11) is 0. The van der Waals surface area contributed by atoms with Crippen LogP contribution >= 0.6 is 0 Å². The number of nitrogens with zero attached hydrogens (tertiary/aromatic N) is 3. The van der Waals surface area contributed by atoms with E-state index in [4.69, 9.17) is 0 Å². The van der Waals surface area contributed by atoms with Gasteiger partial charge in [-0.2, -0.15) is 0 Å².